The molecule has 0 radical (unpaired) electrons. The molecule has 2 aliphatic rings. The topological polar surface area (TPSA) is 115 Å². The Bertz CT molecular complexity index is 1050. The van der Waals surface area contributed by atoms with Crippen LogP contribution in [-0.4, -0.2) is 44.3 Å². The lowest BCUT2D eigenvalue weighted by atomic mass is 10.1. The average molecular weight is 406 g/mol. The number of sulfonamides is 1. The minimum atomic E-state index is -3.76. The molecule has 1 aromatic heterocycles. The highest BCUT2D eigenvalue weighted by Gasteiger charge is 2.31. The Morgan fingerprint density at radius 1 is 1.07 bits per heavy atom. The third-order valence-electron chi connectivity index (χ3n) is 4.60. The number of nitrogens with one attached hydrogen (secondary N) is 1. The number of anilines is 1. The maximum Gasteiger partial charge on any atom is 0.291 e. The number of benzene rings is 1. The predicted molar refractivity (Wildman–Crippen MR) is 97.2 cm³/mol. The van der Waals surface area contributed by atoms with Crippen LogP contribution in [0.4, 0.5) is 5.69 Å². The quantitative estimate of drug-likeness (QED) is 0.757. The molecule has 1 fully saturated rings. The van der Waals surface area contributed by atoms with Crippen molar-refractivity contribution in [2.24, 2.45) is 0 Å². The van der Waals surface area contributed by atoms with Crippen molar-refractivity contribution in [2.45, 2.75) is 24.9 Å². The molecule has 1 aromatic carbocycles. The van der Waals surface area contributed by atoms with Crippen molar-refractivity contribution < 1.29 is 31.9 Å². The zero-order valence-corrected chi connectivity index (χ0v) is 15.9. The van der Waals surface area contributed by atoms with Crippen molar-refractivity contribution in [3.05, 3.63) is 35.6 Å². The van der Waals surface area contributed by atoms with Gasteiger partial charge in [0.05, 0.1) is 5.69 Å². The zero-order valence-electron chi connectivity index (χ0n) is 15.1. The molecular weight excluding hydrogens is 388 g/mol. The summed E-state index contributed by atoms with van der Waals surface area (Å²) >= 11 is 0. The van der Waals surface area contributed by atoms with Crippen LogP contribution in [0.1, 0.15) is 40.7 Å². The summed E-state index contributed by atoms with van der Waals surface area (Å²) in [6, 6.07) is 5.53. The second-order valence-corrected chi connectivity index (χ2v) is 8.36. The molecule has 28 heavy (non-hydrogen) atoms. The fourth-order valence-corrected chi connectivity index (χ4v) is 4.59. The van der Waals surface area contributed by atoms with Gasteiger partial charge in [-0.3, -0.25) is 9.59 Å². The summed E-state index contributed by atoms with van der Waals surface area (Å²) in [5, 5.41) is 2.29. The molecule has 1 saturated heterocycles. The van der Waals surface area contributed by atoms with Crippen LogP contribution in [0, 0.1) is 0 Å². The van der Waals surface area contributed by atoms with Crippen LogP contribution < -0.4 is 14.8 Å². The van der Waals surface area contributed by atoms with Crippen molar-refractivity contribution in [2.75, 3.05) is 25.2 Å². The van der Waals surface area contributed by atoms with Crippen molar-refractivity contribution in [3.8, 4) is 11.5 Å². The summed E-state index contributed by atoms with van der Waals surface area (Å²) in [6.45, 7) is 2.26. The lowest BCUT2D eigenvalue weighted by molar-refractivity contribution is 0.0991. The van der Waals surface area contributed by atoms with E-state index in [4.69, 9.17) is 13.9 Å². The molecule has 0 atom stereocenters. The molecule has 9 nitrogen and oxygen atoms in total. The molecule has 3 heterocycles. The van der Waals surface area contributed by atoms with Crippen LogP contribution in [0.15, 0.2) is 33.8 Å². The lowest BCUT2D eigenvalue weighted by Gasteiger charge is -2.12. The molecule has 148 valence electrons. The van der Waals surface area contributed by atoms with Gasteiger partial charge in [-0.05, 0) is 38.0 Å². The summed E-state index contributed by atoms with van der Waals surface area (Å²) in [4.78, 5) is 24.5. The first-order valence-electron chi connectivity index (χ1n) is 8.72. The fraction of sp³-hybridized carbons (Fsp3) is 0.333. The molecule has 0 unspecified atom stereocenters. The third-order valence-corrected chi connectivity index (χ3v) is 6.38. The van der Waals surface area contributed by atoms with E-state index in [2.05, 4.69) is 5.32 Å². The van der Waals surface area contributed by atoms with Gasteiger partial charge in [0.15, 0.2) is 23.0 Å². The molecule has 2 aliphatic heterocycles. The molecule has 0 spiro atoms. The number of nitrogens with zero attached hydrogens (tertiary/aromatic N) is 1. The average Bonchev–Trinajstić information content (AvgIpc) is 3.40. The second-order valence-electron chi connectivity index (χ2n) is 6.49. The largest absolute Gasteiger partial charge is 0.454 e. The summed E-state index contributed by atoms with van der Waals surface area (Å²) in [6.07, 6.45) is 1.59. The maximum absolute atomic E-state index is 12.6. The first kappa shape index (κ1) is 18.5. The Hall–Kier alpha value is -2.85. The first-order chi connectivity index (χ1) is 13.4. The van der Waals surface area contributed by atoms with E-state index >= 15 is 0 Å². The van der Waals surface area contributed by atoms with Gasteiger partial charge in [-0.15, -0.1) is 0 Å². The van der Waals surface area contributed by atoms with Crippen LogP contribution in [-0.2, 0) is 10.0 Å². The second kappa shape index (κ2) is 6.95. The van der Waals surface area contributed by atoms with E-state index in [-0.39, 0.29) is 34.7 Å². The Morgan fingerprint density at radius 2 is 1.75 bits per heavy atom. The number of rotatable bonds is 5. The number of hydrogen-bond acceptors (Lipinski definition) is 7. The van der Waals surface area contributed by atoms with Crippen LogP contribution in [0.2, 0.25) is 0 Å². The molecule has 4 rings (SSSR count). The number of ketones is 1. The minimum Gasteiger partial charge on any atom is -0.454 e. The van der Waals surface area contributed by atoms with Gasteiger partial charge in [0.1, 0.15) is 0 Å². The van der Waals surface area contributed by atoms with E-state index < -0.39 is 15.9 Å². The van der Waals surface area contributed by atoms with E-state index in [1.807, 2.05) is 0 Å². The highest BCUT2D eigenvalue weighted by molar-refractivity contribution is 7.89. The van der Waals surface area contributed by atoms with E-state index in [9.17, 15) is 18.0 Å². The number of carbonyl (C=O) groups is 2. The van der Waals surface area contributed by atoms with Crippen molar-refractivity contribution >= 4 is 27.4 Å². The highest BCUT2D eigenvalue weighted by Crippen LogP contribution is 2.37. The maximum atomic E-state index is 12.6. The van der Waals surface area contributed by atoms with Gasteiger partial charge < -0.3 is 19.2 Å². The van der Waals surface area contributed by atoms with Gasteiger partial charge in [0.2, 0.25) is 11.9 Å². The lowest BCUT2D eigenvalue weighted by Crippen LogP contribution is -2.27. The summed E-state index contributed by atoms with van der Waals surface area (Å²) in [5.41, 5.74) is 0.469. The van der Waals surface area contributed by atoms with Gasteiger partial charge >= 0.3 is 0 Å². The van der Waals surface area contributed by atoms with Crippen LogP contribution >= 0.6 is 0 Å². The fourth-order valence-electron chi connectivity index (χ4n) is 3.16. The van der Waals surface area contributed by atoms with Gasteiger partial charge in [-0.1, -0.05) is 0 Å². The Balaban J connectivity index is 1.58. The van der Waals surface area contributed by atoms with Crippen LogP contribution in [0.5, 0.6) is 11.5 Å². The predicted octanol–water partition coefficient (Wildman–Crippen LogP) is 2.25. The third kappa shape index (κ3) is 3.25. The summed E-state index contributed by atoms with van der Waals surface area (Å²) in [5.74, 6) is -0.309. The summed E-state index contributed by atoms with van der Waals surface area (Å²) < 4.78 is 42.2. The number of hydrogen-bond donors (Lipinski definition) is 1. The van der Waals surface area contributed by atoms with E-state index in [1.54, 1.807) is 0 Å². The van der Waals surface area contributed by atoms with E-state index in [1.165, 1.54) is 35.5 Å². The van der Waals surface area contributed by atoms with Gasteiger partial charge in [0.25, 0.3) is 15.9 Å². The van der Waals surface area contributed by atoms with Crippen molar-refractivity contribution in [3.63, 3.8) is 0 Å². The smallest absolute Gasteiger partial charge is 0.291 e. The molecule has 1 amide bonds. The first-order valence-corrected chi connectivity index (χ1v) is 10.2. The SMILES string of the molecule is CC(=O)c1cc2c(cc1NC(=O)c1ccc(S(=O)(=O)N3CCCC3)o1)OCO2. The van der Waals surface area contributed by atoms with Crippen molar-refractivity contribution in [1.29, 1.82) is 0 Å². The number of carbonyl (C=O) groups excluding carboxylic acids is 2. The van der Waals surface area contributed by atoms with Gasteiger partial charge in [-0.2, -0.15) is 4.31 Å². The Morgan fingerprint density at radius 3 is 2.43 bits per heavy atom. The zero-order chi connectivity index (χ0) is 19.9. The number of ether oxygens (including phenoxy) is 2. The van der Waals surface area contributed by atoms with Gasteiger partial charge in [-0.25, -0.2) is 8.42 Å². The number of furan rings is 1. The number of amides is 1. The molecule has 2 aromatic rings. The van der Waals surface area contributed by atoms with Gasteiger partial charge in [0, 0.05) is 24.7 Å². The Labute approximate surface area is 161 Å². The molecule has 0 bridgehead atoms. The number of fused-ring (bicyclic) bond motifs is 1. The molecule has 1 N–H and O–H groups in total. The minimum absolute atomic E-state index is 0.0278. The highest BCUT2D eigenvalue weighted by atomic mass is 32.2. The van der Waals surface area contributed by atoms with E-state index in [0.29, 0.717) is 24.6 Å². The van der Waals surface area contributed by atoms with Crippen LogP contribution in [0.25, 0.3) is 0 Å². The normalized spacial score (nSPS) is 16.3. The standard InChI is InChI=1S/C18H18N2O7S/c1-11(21)12-8-15-16(26-10-25-15)9-13(12)19-18(22)14-4-5-17(27-14)28(23,24)20-6-2-3-7-20/h4-5,8-9H,2-3,6-7,10H2,1H3,(H,19,22). The van der Waals surface area contributed by atoms with E-state index in [0.717, 1.165) is 12.8 Å². The summed E-state index contributed by atoms with van der Waals surface area (Å²) in [7, 11) is -3.76. The molecule has 0 saturated carbocycles. The van der Waals surface area contributed by atoms with Crippen LogP contribution in [0.3, 0.4) is 0 Å². The molecule has 10 heteroatoms. The molecule has 0 aliphatic carbocycles. The number of Topliss-reactive ketones (excluding diaryl/α,β-unsaturated/α-hetero) is 1. The monoisotopic (exact) mass is 406 g/mol. The molecular formula is C18H18N2O7S. The van der Waals surface area contributed by atoms with Crippen molar-refractivity contribution in [1.82, 2.24) is 4.31 Å². The Kier molecular flexibility index (Phi) is 4.60.